The lowest BCUT2D eigenvalue weighted by Gasteiger charge is -2.36. The third-order valence-corrected chi connectivity index (χ3v) is 5.87. The fourth-order valence-corrected chi connectivity index (χ4v) is 4.09. The smallest absolute Gasteiger partial charge is 0.273 e. The first-order chi connectivity index (χ1) is 11.0. The molecule has 0 bridgehead atoms. The second-order valence-corrected chi connectivity index (χ2v) is 7.90. The number of hydrogen-bond acceptors (Lipinski definition) is 5. The molecule has 0 spiro atoms. The molecule has 1 aliphatic carbocycles. The highest BCUT2D eigenvalue weighted by Crippen LogP contribution is 2.33. The van der Waals surface area contributed by atoms with E-state index < -0.39 is 0 Å². The Balaban J connectivity index is 1.66. The van der Waals surface area contributed by atoms with Crippen molar-refractivity contribution in [3.63, 3.8) is 0 Å². The molecule has 0 atom stereocenters. The number of halogens is 1. The van der Waals surface area contributed by atoms with Crippen molar-refractivity contribution in [3.8, 4) is 10.6 Å². The van der Waals surface area contributed by atoms with Crippen LogP contribution in [-0.4, -0.2) is 42.1 Å². The monoisotopic (exact) mass is 353 g/mol. The fourth-order valence-electron chi connectivity index (χ4n) is 3.10. The number of amides is 1. The van der Waals surface area contributed by atoms with Crippen molar-refractivity contribution in [3.05, 3.63) is 28.2 Å². The van der Waals surface area contributed by atoms with Crippen LogP contribution in [0, 0.1) is 0 Å². The van der Waals surface area contributed by atoms with Crippen LogP contribution in [0.2, 0.25) is 4.34 Å². The Bertz CT molecular complexity index is 689. The lowest BCUT2D eigenvalue weighted by Crippen LogP contribution is -2.50. The van der Waals surface area contributed by atoms with Crippen molar-refractivity contribution in [1.29, 1.82) is 0 Å². The van der Waals surface area contributed by atoms with E-state index in [0.717, 1.165) is 17.7 Å². The van der Waals surface area contributed by atoms with Crippen LogP contribution < -0.4 is 5.32 Å². The molecule has 0 aliphatic heterocycles. The van der Waals surface area contributed by atoms with Crippen molar-refractivity contribution in [2.75, 3.05) is 20.6 Å². The SMILES string of the molecule is CN(C)C1(CNC(=O)c2cc(-c3ccc(Cl)s3)on2)CCCC1. The van der Waals surface area contributed by atoms with Crippen LogP contribution >= 0.6 is 22.9 Å². The van der Waals surface area contributed by atoms with E-state index in [9.17, 15) is 4.79 Å². The highest BCUT2D eigenvalue weighted by atomic mass is 35.5. The van der Waals surface area contributed by atoms with Crippen LogP contribution in [0.4, 0.5) is 0 Å². The molecule has 2 aromatic rings. The van der Waals surface area contributed by atoms with E-state index in [1.165, 1.54) is 24.2 Å². The van der Waals surface area contributed by atoms with Crippen molar-refractivity contribution in [1.82, 2.24) is 15.4 Å². The van der Waals surface area contributed by atoms with Crippen LogP contribution in [0.5, 0.6) is 0 Å². The summed E-state index contributed by atoms with van der Waals surface area (Å²) in [5.41, 5.74) is 0.361. The summed E-state index contributed by atoms with van der Waals surface area (Å²) in [6.07, 6.45) is 4.64. The topological polar surface area (TPSA) is 58.4 Å². The van der Waals surface area contributed by atoms with Gasteiger partial charge < -0.3 is 14.7 Å². The Labute approximate surface area is 144 Å². The van der Waals surface area contributed by atoms with E-state index in [4.69, 9.17) is 16.1 Å². The van der Waals surface area contributed by atoms with E-state index in [1.807, 2.05) is 6.07 Å². The van der Waals surface area contributed by atoms with Gasteiger partial charge in [-0.2, -0.15) is 0 Å². The Morgan fingerprint density at radius 2 is 2.17 bits per heavy atom. The van der Waals surface area contributed by atoms with Crippen molar-refractivity contribution in [2.45, 2.75) is 31.2 Å². The summed E-state index contributed by atoms with van der Waals surface area (Å²) in [6.45, 7) is 0.631. The standard InChI is InChI=1S/C16H20ClN3O2S/c1-20(2)16(7-3-4-8-16)10-18-15(21)11-9-12(22-19-11)13-5-6-14(17)23-13/h5-6,9H,3-4,7-8,10H2,1-2H3,(H,18,21). The molecule has 1 amide bonds. The average Bonchev–Trinajstić information content (AvgIpc) is 3.25. The minimum Gasteiger partial charge on any atom is -0.355 e. The van der Waals surface area contributed by atoms with E-state index in [0.29, 0.717) is 22.3 Å². The van der Waals surface area contributed by atoms with Crippen LogP contribution in [-0.2, 0) is 0 Å². The zero-order chi connectivity index (χ0) is 16.4. The summed E-state index contributed by atoms with van der Waals surface area (Å²) in [5, 5.41) is 6.88. The number of thiophene rings is 1. The molecule has 1 fully saturated rings. The van der Waals surface area contributed by atoms with Gasteiger partial charge in [0.15, 0.2) is 11.5 Å². The van der Waals surface area contributed by atoms with E-state index in [1.54, 1.807) is 12.1 Å². The molecule has 3 rings (SSSR count). The van der Waals surface area contributed by atoms with Gasteiger partial charge in [-0.15, -0.1) is 11.3 Å². The fraction of sp³-hybridized carbons (Fsp3) is 0.500. The van der Waals surface area contributed by atoms with Crippen LogP contribution in [0.1, 0.15) is 36.2 Å². The molecule has 0 aromatic carbocycles. The number of aromatic nitrogens is 1. The summed E-state index contributed by atoms with van der Waals surface area (Å²) >= 11 is 7.32. The molecule has 2 heterocycles. The summed E-state index contributed by atoms with van der Waals surface area (Å²) in [6, 6.07) is 5.31. The maximum atomic E-state index is 12.3. The zero-order valence-corrected chi connectivity index (χ0v) is 14.8. The number of nitrogens with one attached hydrogen (secondary N) is 1. The molecule has 1 saturated carbocycles. The largest absolute Gasteiger partial charge is 0.355 e. The van der Waals surface area contributed by atoms with Gasteiger partial charge in [0.1, 0.15) is 0 Å². The summed E-state index contributed by atoms with van der Waals surface area (Å²) in [4.78, 5) is 15.4. The summed E-state index contributed by atoms with van der Waals surface area (Å²) in [5.74, 6) is 0.367. The molecular weight excluding hydrogens is 334 g/mol. The predicted molar refractivity (Wildman–Crippen MR) is 92.0 cm³/mol. The first-order valence-electron chi connectivity index (χ1n) is 7.68. The van der Waals surface area contributed by atoms with Gasteiger partial charge in [-0.05, 0) is 39.1 Å². The molecule has 1 N–H and O–H groups in total. The van der Waals surface area contributed by atoms with Gasteiger partial charge in [0.05, 0.1) is 9.21 Å². The number of likely N-dealkylation sites (N-methyl/N-ethyl adjacent to an activating group) is 1. The molecule has 5 nitrogen and oxygen atoms in total. The van der Waals surface area contributed by atoms with Gasteiger partial charge in [0, 0.05) is 18.2 Å². The quantitative estimate of drug-likeness (QED) is 0.891. The summed E-state index contributed by atoms with van der Waals surface area (Å²) in [7, 11) is 4.15. The normalized spacial score (nSPS) is 16.9. The number of carbonyl (C=O) groups excluding carboxylic acids is 1. The van der Waals surface area contributed by atoms with Crippen molar-refractivity contribution in [2.24, 2.45) is 0 Å². The van der Waals surface area contributed by atoms with Crippen molar-refractivity contribution < 1.29 is 9.32 Å². The summed E-state index contributed by atoms with van der Waals surface area (Å²) < 4.78 is 5.94. The number of nitrogens with zero attached hydrogens (tertiary/aromatic N) is 2. The molecule has 124 valence electrons. The number of carbonyl (C=O) groups is 1. The lowest BCUT2D eigenvalue weighted by molar-refractivity contribution is 0.0891. The third kappa shape index (κ3) is 3.44. The molecule has 7 heteroatoms. The number of hydrogen-bond donors (Lipinski definition) is 1. The molecule has 0 unspecified atom stereocenters. The van der Waals surface area contributed by atoms with Crippen LogP contribution in [0.25, 0.3) is 10.6 Å². The maximum absolute atomic E-state index is 12.3. The van der Waals surface area contributed by atoms with Gasteiger partial charge in [0.25, 0.3) is 5.91 Å². The van der Waals surface area contributed by atoms with Crippen molar-refractivity contribution >= 4 is 28.8 Å². The van der Waals surface area contributed by atoms with E-state index >= 15 is 0 Å². The molecule has 0 radical (unpaired) electrons. The highest BCUT2D eigenvalue weighted by molar-refractivity contribution is 7.19. The molecule has 1 aliphatic rings. The van der Waals surface area contributed by atoms with Gasteiger partial charge in [-0.25, -0.2) is 0 Å². The first kappa shape index (κ1) is 16.5. The van der Waals surface area contributed by atoms with Gasteiger partial charge in [-0.3, -0.25) is 4.79 Å². The molecular formula is C16H20ClN3O2S. The average molecular weight is 354 g/mol. The minimum atomic E-state index is -0.198. The third-order valence-electron chi connectivity index (χ3n) is 4.62. The van der Waals surface area contributed by atoms with Crippen LogP contribution in [0.3, 0.4) is 0 Å². The highest BCUT2D eigenvalue weighted by Gasteiger charge is 2.36. The second-order valence-electron chi connectivity index (χ2n) is 6.19. The van der Waals surface area contributed by atoms with E-state index in [2.05, 4.69) is 29.5 Å². The Morgan fingerprint density at radius 3 is 2.78 bits per heavy atom. The van der Waals surface area contributed by atoms with E-state index in [-0.39, 0.29) is 11.4 Å². The second kappa shape index (κ2) is 6.63. The Hall–Kier alpha value is -1.37. The van der Waals surface area contributed by atoms with Gasteiger partial charge >= 0.3 is 0 Å². The predicted octanol–water partition coefficient (Wildman–Crippen LogP) is 3.66. The first-order valence-corrected chi connectivity index (χ1v) is 8.88. The Morgan fingerprint density at radius 1 is 1.43 bits per heavy atom. The molecule has 0 saturated heterocycles. The minimum absolute atomic E-state index is 0.0590. The Kier molecular flexibility index (Phi) is 4.75. The van der Waals surface area contributed by atoms with Crippen LogP contribution in [0.15, 0.2) is 22.7 Å². The van der Waals surface area contributed by atoms with Gasteiger partial charge in [0.2, 0.25) is 0 Å². The molecule has 2 aromatic heterocycles. The van der Waals surface area contributed by atoms with Gasteiger partial charge in [-0.1, -0.05) is 29.6 Å². The maximum Gasteiger partial charge on any atom is 0.273 e. The zero-order valence-electron chi connectivity index (χ0n) is 13.3. The molecule has 23 heavy (non-hydrogen) atoms. The number of rotatable bonds is 5. The lowest BCUT2D eigenvalue weighted by atomic mass is 9.96.